The van der Waals surface area contributed by atoms with Gasteiger partial charge in [-0.15, -0.1) is 0 Å². The summed E-state index contributed by atoms with van der Waals surface area (Å²) in [6.07, 6.45) is -1.12. The molecule has 3 aromatic rings. The smallest absolute Gasteiger partial charge is 0.404 e. The average molecular weight is 615 g/mol. The van der Waals surface area contributed by atoms with E-state index in [1.165, 1.54) is 6.07 Å². The maximum absolute atomic E-state index is 14.0. The number of phosphoric ester groups is 2. The number of phosphoric acid groups is 2. The molecule has 3 aromatic carbocycles. The van der Waals surface area contributed by atoms with Gasteiger partial charge in [0, 0.05) is 16.9 Å². The number of hydrogen-bond donors (Lipinski definition) is 0. The third-order valence-electron chi connectivity index (χ3n) is 9.01. The second-order valence-corrected chi connectivity index (χ2v) is 15.9. The first-order valence-electron chi connectivity index (χ1n) is 14.0. The van der Waals surface area contributed by atoms with E-state index in [4.69, 9.17) is 27.1 Å². The molecule has 0 aliphatic carbocycles. The zero-order valence-electron chi connectivity index (χ0n) is 25.4. The lowest BCUT2D eigenvalue weighted by Gasteiger charge is -2.51. The van der Waals surface area contributed by atoms with Crippen molar-refractivity contribution in [2.24, 2.45) is 10.8 Å². The Balaban J connectivity index is 1.40. The molecule has 0 amide bonds. The highest BCUT2D eigenvalue weighted by molar-refractivity contribution is 7.49. The van der Waals surface area contributed by atoms with E-state index in [1.54, 1.807) is 18.2 Å². The molecule has 0 bridgehead atoms. The van der Waals surface area contributed by atoms with Crippen molar-refractivity contribution in [1.82, 2.24) is 0 Å². The Morgan fingerprint density at radius 1 is 0.548 bits per heavy atom. The fourth-order valence-corrected chi connectivity index (χ4v) is 8.99. The Labute approximate surface area is 248 Å². The summed E-state index contributed by atoms with van der Waals surface area (Å²) < 4.78 is 64.1. The lowest BCUT2D eigenvalue weighted by molar-refractivity contribution is -0.142. The largest absolute Gasteiger partial charge is 0.531 e. The Kier molecular flexibility index (Phi) is 7.84. The Hall–Kier alpha value is -2.44. The van der Waals surface area contributed by atoms with Crippen molar-refractivity contribution in [2.75, 3.05) is 0 Å². The molecule has 2 unspecified atom stereocenters. The van der Waals surface area contributed by atoms with Gasteiger partial charge < -0.3 is 9.05 Å². The summed E-state index contributed by atoms with van der Waals surface area (Å²) in [5.74, 6) is 0.307. The first-order chi connectivity index (χ1) is 19.5. The van der Waals surface area contributed by atoms with Crippen LogP contribution in [0.15, 0.2) is 84.9 Å². The predicted octanol–water partition coefficient (Wildman–Crippen LogP) is 9.85. The van der Waals surface area contributed by atoms with Crippen LogP contribution < -0.4 is 9.05 Å². The highest BCUT2D eigenvalue weighted by Crippen LogP contribution is 2.68. The fourth-order valence-electron chi connectivity index (χ4n) is 5.13. The van der Waals surface area contributed by atoms with Gasteiger partial charge >= 0.3 is 15.6 Å². The first kappa shape index (κ1) is 31.0. The lowest BCUT2D eigenvalue weighted by atomic mass is 9.71. The van der Waals surface area contributed by atoms with E-state index in [-0.39, 0.29) is 11.5 Å². The minimum absolute atomic E-state index is 0.154. The van der Waals surface area contributed by atoms with Gasteiger partial charge in [0.2, 0.25) is 0 Å². The highest BCUT2D eigenvalue weighted by atomic mass is 31.2. The normalized spacial score (nSPS) is 31.1. The van der Waals surface area contributed by atoms with Crippen LogP contribution in [0.4, 0.5) is 0 Å². The van der Waals surface area contributed by atoms with Crippen LogP contribution in [0.5, 0.6) is 11.5 Å². The van der Waals surface area contributed by atoms with Crippen molar-refractivity contribution in [3.05, 3.63) is 96.1 Å². The summed E-state index contributed by atoms with van der Waals surface area (Å²) in [4.78, 5) is 0. The molecule has 2 heterocycles. The molecule has 4 atom stereocenters. The Bertz CT molecular complexity index is 1410. The first-order valence-corrected chi connectivity index (χ1v) is 17.0. The average Bonchev–Trinajstić information content (AvgIpc) is 2.89. The van der Waals surface area contributed by atoms with Crippen LogP contribution >= 0.6 is 15.6 Å². The topological polar surface area (TPSA) is 89.5 Å². The molecule has 0 aromatic heterocycles. The summed E-state index contributed by atoms with van der Waals surface area (Å²) in [5, 5.41) is 0. The second kappa shape index (κ2) is 10.6. The molecule has 0 N–H and O–H groups in total. The quantitative estimate of drug-likeness (QED) is 0.254. The molecule has 0 saturated carbocycles. The molecule has 10 heteroatoms. The van der Waals surface area contributed by atoms with Crippen molar-refractivity contribution in [3.8, 4) is 11.5 Å². The van der Waals surface area contributed by atoms with Gasteiger partial charge in [0.15, 0.2) is 0 Å². The van der Waals surface area contributed by atoms with Gasteiger partial charge in [-0.2, -0.15) is 0 Å². The fraction of sp³-hybridized carbons (Fsp3) is 0.438. The molecule has 2 aliphatic rings. The van der Waals surface area contributed by atoms with E-state index < -0.39 is 49.9 Å². The van der Waals surface area contributed by atoms with Crippen LogP contribution in [0.25, 0.3) is 0 Å². The van der Waals surface area contributed by atoms with E-state index in [1.807, 2.05) is 116 Å². The van der Waals surface area contributed by atoms with E-state index >= 15 is 0 Å². The molecule has 2 saturated heterocycles. The molecule has 0 spiro atoms. The van der Waals surface area contributed by atoms with Gasteiger partial charge in [0.25, 0.3) is 0 Å². The molecule has 2 aliphatic heterocycles. The monoisotopic (exact) mass is 614 g/mol. The van der Waals surface area contributed by atoms with E-state index in [0.29, 0.717) is 0 Å². The van der Waals surface area contributed by atoms with Crippen LogP contribution in [-0.2, 0) is 27.2 Å². The predicted molar refractivity (Wildman–Crippen MR) is 161 cm³/mol. The molecule has 226 valence electrons. The van der Waals surface area contributed by atoms with Crippen LogP contribution in [0.2, 0.25) is 0 Å². The van der Waals surface area contributed by atoms with Gasteiger partial charge in [-0.05, 0) is 51.0 Å². The van der Waals surface area contributed by atoms with Gasteiger partial charge in [-0.3, -0.25) is 18.1 Å². The maximum Gasteiger partial charge on any atom is 0.531 e. The molecule has 5 rings (SSSR count). The summed E-state index contributed by atoms with van der Waals surface area (Å²) in [5.41, 5.74) is -1.09. The van der Waals surface area contributed by atoms with E-state index in [9.17, 15) is 9.13 Å². The highest BCUT2D eigenvalue weighted by Gasteiger charge is 2.59. The van der Waals surface area contributed by atoms with Crippen LogP contribution in [0.1, 0.15) is 78.7 Å². The van der Waals surface area contributed by atoms with Gasteiger partial charge in [-0.1, -0.05) is 94.4 Å². The van der Waals surface area contributed by atoms with Crippen LogP contribution in [0.3, 0.4) is 0 Å². The summed E-state index contributed by atoms with van der Waals surface area (Å²) in [7, 11) is -8.23. The maximum atomic E-state index is 14.0. The van der Waals surface area contributed by atoms with Gasteiger partial charge in [-0.25, -0.2) is 9.13 Å². The number of rotatable bonds is 6. The zero-order valence-corrected chi connectivity index (χ0v) is 27.2. The minimum atomic E-state index is -4.11. The SMILES string of the molecule is CC1(C)OP(=O)(Oc2cccc(OP3(=O)O[C@@H](c4ccccc4)C(C)(C)C(C)(C)O3)c2)O[C@@H](c2ccccc2)C1(C)C. The Morgan fingerprint density at radius 3 is 1.26 bits per heavy atom. The summed E-state index contributed by atoms with van der Waals surface area (Å²) >= 11 is 0. The van der Waals surface area contributed by atoms with Crippen molar-refractivity contribution in [2.45, 2.75) is 78.8 Å². The van der Waals surface area contributed by atoms with Crippen molar-refractivity contribution in [3.63, 3.8) is 0 Å². The third kappa shape index (κ3) is 5.74. The van der Waals surface area contributed by atoms with Crippen LogP contribution in [0, 0.1) is 10.8 Å². The second-order valence-electron chi connectivity index (χ2n) is 13.0. The third-order valence-corrected chi connectivity index (χ3v) is 12.2. The minimum Gasteiger partial charge on any atom is -0.404 e. The van der Waals surface area contributed by atoms with E-state index in [2.05, 4.69) is 0 Å². The van der Waals surface area contributed by atoms with Crippen molar-refractivity contribution >= 4 is 15.6 Å². The summed E-state index contributed by atoms with van der Waals surface area (Å²) in [6.45, 7) is 15.5. The van der Waals surface area contributed by atoms with Crippen molar-refractivity contribution < 1.29 is 36.3 Å². The molecule has 0 radical (unpaired) electrons. The molecular formula is C32H40O8P2. The van der Waals surface area contributed by atoms with Gasteiger partial charge in [0.1, 0.15) is 23.7 Å². The molecular weight excluding hydrogens is 574 g/mol. The molecule has 8 nitrogen and oxygen atoms in total. The van der Waals surface area contributed by atoms with Crippen molar-refractivity contribution in [1.29, 1.82) is 0 Å². The van der Waals surface area contributed by atoms with E-state index in [0.717, 1.165) is 11.1 Å². The molecule has 2 fully saturated rings. The summed E-state index contributed by atoms with van der Waals surface area (Å²) in [6, 6.07) is 25.5. The standard InChI is InChI=1S/C32H40O8P2/c1-29(2)27(23-16-11-9-12-17-23)37-41(33,39-31(29,5)6)35-25-20-15-21-26(22-25)36-42(34)38-28(24-18-13-10-14-19-24)30(3,4)32(7,8)40-42/h9-22,27-28H,1-8H3/t27-,28-,41?,42?/m0/s1. The lowest BCUT2D eigenvalue weighted by Crippen LogP contribution is -2.49. The number of benzene rings is 3. The number of hydrogen-bond acceptors (Lipinski definition) is 8. The molecule has 42 heavy (non-hydrogen) atoms. The Morgan fingerprint density at radius 2 is 0.905 bits per heavy atom. The zero-order chi connectivity index (χ0) is 30.6. The van der Waals surface area contributed by atoms with Crippen LogP contribution in [-0.4, -0.2) is 11.2 Å². The van der Waals surface area contributed by atoms with Gasteiger partial charge in [0.05, 0.1) is 11.2 Å².